The summed E-state index contributed by atoms with van der Waals surface area (Å²) in [5, 5.41) is 0.553. The van der Waals surface area contributed by atoms with Gasteiger partial charge in [-0.25, -0.2) is 13.2 Å². The minimum Gasteiger partial charge on any atom is -0.408 e. The lowest BCUT2D eigenvalue weighted by molar-refractivity contribution is 0.554. The summed E-state index contributed by atoms with van der Waals surface area (Å²) in [7, 11) is -3.88. The number of aromatic amines is 1. The zero-order valence-electron chi connectivity index (χ0n) is 11.7. The number of H-pyrrole nitrogens is 1. The molecule has 0 aliphatic carbocycles. The molecule has 9 heteroatoms. The number of halogens is 2. The number of hydrogen-bond acceptors (Lipinski definition) is 4. The van der Waals surface area contributed by atoms with Crippen molar-refractivity contribution in [1.82, 2.24) is 4.98 Å². The minimum absolute atomic E-state index is 0.00109. The van der Waals surface area contributed by atoms with Gasteiger partial charge in [-0.05, 0) is 36.8 Å². The van der Waals surface area contributed by atoms with Gasteiger partial charge in [-0.3, -0.25) is 9.71 Å². The predicted molar refractivity (Wildman–Crippen MR) is 88.8 cm³/mol. The van der Waals surface area contributed by atoms with Gasteiger partial charge in [0.25, 0.3) is 10.0 Å². The number of benzene rings is 2. The molecule has 2 aromatic carbocycles. The van der Waals surface area contributed by atoms with Crippen molar-refractivity contribution in [2.45, 2.75) is 11.8 Å². The number of aromatic nitrogens is 1. The van der Waals surface area contributed by atoms with E-state index in [1.165, 1.54) is 30.3 Å². The maximum atomic E-state index is 12.6. The van der Waals surface area contributed by atoms with Crippen LogP contribution in [-0.2, 0) is 10.0 Å². The molecule has 6 nitrogen and oxygen atoms in total. The molecule has 0 atom stereocenters. The third-order valence-electron chi connectivity index (χ3n) is 3.18. The summed E-state index contributed by atoms with van der Waals surface area (Å²) in [6.45, 7) is 1.62. The molecule has 0 fully saturated rings. The first-order chi connectivity index (χ1) is 10.8. The Morgan fingerprint density at radius 3 is 2.57 bits per heavy atom. The normalized spacial score (nSPS) is 11.8. The van der Waals surface area contributed by atoms with E-state index >= 15 is 0 Å². The Morgan fingerprint density at radius 2 is 1.87 bits per heavy atom. The van der Waals surface area contributed by atoms with Crippen LogP contribution in [0.1, 0.15) is 5.56 Å². The maximum absolute atomic E-state index is 12.6. The topological polar surface area (TPSA) is 92.2 Å². The Kier molecular flexibility index (Phi) is 3.87. The number of oxazole rings is 1. The summed E-state index contributed by atoms with van der Waals surface area (Å²) in [6, 6.07) is 7.22. The Labute approximate surface area is 141 Å². The number of aryl methyl sites for hydroxylation is 1. The first-order valence-corrected chi connectivity index (χ1v) is 8.61. The van der Waals surface area contributed by atoms with Crippen LogP contribution in [0.25, 0.3) is 11.1 Å². The van der Waals surface area contributed by atoms with Gasteiger partial charge in [0.15, 0.2) is 5.58 Å². The lowest BCUT2D eigenvalue weighted by Gasteiger charge is -2.11. The summed E-state index contributed by atoms with van der Waals surface area (Å²) >= 11 is 11.7. The summed E-state index contributed by atoms with van der Waals surface area (Å²) < 4.78 is 32.4. The van der Waals surface area contributed by atoms with Gasteiger partial charge in [0.2, 0.25) is 0 Å². The highest BCUT2D eigenvalue weighted by Crippen LogP contribution is 2.28. The number of sulfonamides is 1. The van der Waals surface area contributed by atoms with E-state index in [1.807, 2.05) is 0 Å². The average Bonchev–Trinajstić information content (AvgIpc) is 2.80. The molecule has 120 valence electrons. The Hall–Kier alpha value is -1.96. The van der Waals surface area contributed by atoms with Crippen molar-refractivity contribution in [2.24, 2.45) is 0 Å². The van der Waals surface area contributed by atoms with Gasteiger partial charge in [-0.2, -0.15) is 0 Å². The fourth-order valence-electron chi connectivity index (χ4n) is 2.15. The van der Waals surface area contributed by atoms with Crippen molar-refractivity contribution in [1.29, 1.82) is 0 Å². The number of rotatable bonds is 3. The summed E-state index contributed by atoms with van der Waals surface area (Å²) in [5.74, 6) is -0.647. The van der Waals surface area contributed by atoms with Crippen LogP contribution in [0.5, 0.6) is 0 Å². The Morgan fingerprint density at radius 1 is 1.13 bits per heavy atom. The molecule has 0 aliphatic heterocycles. The molecule has 0 aliphatic rings. The van der Waals surface area contributed by atoms with Crippen molar-refractivity contribution >= 4 is 50.0 Å². The molecular weight excluding hydrogens is 363 g/mol. The van der Waals surface area contributed by atoms with Crippen LogP contribution in [0, 0.1) is 6.92 Å². The number of nitrogens with one attached hydrogen (secondary N) is 2. The number of hydrogen-bond donors (Lipinski definition) is 2. The van der Waals surface area contributed by atoms with Crippen molar-refractivity contribution < 1.29 is 12.8 Å². The van der Waals surface area contributed by atoms with Gasteiger partial charge in [-0.1, -0.05) is 23.2 Å². The van der Waals surface area contributed by atoms with Gasteiger partial charge in [-0.15, -0.1) is 0 Å². The molecule has 0 radical (unpaired) electrons. The molecule has 23 heavy (non-hydrogen) atoms. The largest absolute Gasteiger partial charge is 0.417 e. The zero-order valence-corrected chi connectivity index (χ0v) is 14.0. The van der Waals surface area contributed by atoms with Crippen LogP contribution >= 0.6 is 23.2 Å². The van der Waals surface area contributed by atoms with Crippen LogP contribution in [0.4, 0.5) is 5.69 Å². The van der Waals surface area contributed by atoms with E-state index in [-0.39, 0.29) is 21.2 Å². The second-order valence-corrected chi connectivity index (χ2v) is 7.33. The molecule has 0 bridgehead atoms. The first kappa shape index (κ1) is 15.9. The van der Waals surface area contributed by atoms with E-state index in [1.54, 1.807) is 6.92 Å². The van der Waals surface area contributed by atoms with E-state index in [2.05, 4.69) is 9.71 Å². The molecule has 0 unspecified atom stereocenters. The van der Waals surface area contributed by atoms with Crippen molar-refractivity contribution in [2.75, 3.05) is 4.72 Å². The lowest BCUT2D eigenvalue weighted by atomic mass is 10.2. The van der Waals surface area contributed by atoms with E-state index in [0.717, 1.165) is 0 Å². The van der Waals surface area contributed by atoms with Crippen molar-refractivity contribution in [3.05, 3.63) is 56.5 Å². The fourth-order valence-corrected chi connectivity index (χ4v) is 3.74. The SMILES string of the molecule is Cc1cc2[nH]c(=O)oc2cc1S(=O)(=O)Nc1ccc(Cl)c(Cl)c1. The van der Waals surface area contributed by atoms with Crippen LogP contribution in [-0.4, -0.2) is 13.4 Å². The maximum Gasteiger partial charge on any atom is 0.417 e. The Bertz CT molecular complexity index is 1070. The highest BCUT2D eigenvalue weighted by atomic mass is 35.5. The van der Waals surface area contributed by atoms with Gasteiger partial charge in [0, 0.05) is 6.07 Å². The van der Waals surface area contributed by atoms with E-state index in [4.69, 9.17) is 27.6 Å². The number of fused-ring (bicyclic) bond motifs is 1. The third-order valence-corrected chi connectivity index (χ3v) is 5.44. The lowest BCUT2D eigenvalue weighted by Crippen LogP contribution is -2.14. The highest BCUT2D eigenvalue weighted by Gasteiger charge is 2.19. The predicted octanol–water partition coefficient (Wildman–Crippen LogP) is 3.54. The highest BCUT2D eigenvalue weighted by molar-refractivity contribution is 7.92. The summed E-state index contributed by atoms with van der Waals surface area (Å²) in [6.07, 6.45) is 0. The molecule has 1 aromatic heterocycles. The molecule has 2 N–H and O–H groups in total. The van der Waals surface area contributed by atoms with Crippen molar-refractivity contribution in [3.63, 3.8) is 0 Å². The standard InChI is InChI=1S/C14H10Cl2N2O4S/c1-7-4-11-12(22-14(19)17-11)6-13(7)23(20,21)18-8-2-3-9(15)10(16)5-8/h2-6,18H,1H3,(H,17,19). The summed E-state index contributed by atoms with van der Waals surface area (Å²) in [4.78, 5) is 13.7. The first-order valence-electron chi connectivity index (χ1n) is 6.37. The van der Waals surface area contributed by atoms with Gasteiger partial charge < -0.3 is 4.42 Å². The van der Waals surface area contributed by atoms with Crippen LogP contribution < -0.4 is 10.5 Å². The Balaban J connectivity index is 2.06. The molecule has 1 heterocycles. The smallest absolute Gasteiger partial charge is 0.408 e. The average molecular weight is 373 g/mol. The van der Waals surface area contributed by atoms with Crippen LogP contribution in [0.3, 0.4) is 0 Å². The summed E-state index contributed by atoms with van der Waals surface area (Å²) in [5.41, 5.74) is 1.33. The van der Waals surface area contributed by atoms with Crippen LogP contribution in [0.2, 0.25) is 10.0 Å². The minimum atomic E-state index is -3.88. The third kappa shape index (κ3) is 3.08. The van der Waals surface area contributed by atoms with Gasteiger partial charge in [0.1, 0.15) is 0 Å². The van der Waals surface area contributed by atoms with Crippen molar-refractivity contribution in [3.8, 4) is 0 Å². The molecule has 0 saturated carbocycles. The van der Waals surface area contributed by atoms with E-state index in [0.29, 0.717) is 16.1 Å². The fraction of sp³-hybridized carbons (Fsp3) is 0.0714. The van der Waals surface area contributed by atoms with Crippen LogP contribution in [0.15, 0.2) is 44.4 Å². The quantitative estimate of drug-likeness (QED) is 0.735. The number of anilines is 1. The second-order valence-electron chi connectivity index (χ2n) is 4.86. The van der Waals surface area contributed by atoms with Gasteiger partial charge >= 0.3 is 5.76 Å². The molecule has 3 aromatic rings. The van der Waals surface area contributed by atoms with E-state index in [9.17, 15) is 13.2 Å². The molecule has 0 saturated heterocycles. The zero-order chi connectivity index (χ0) is 16.8. The monoisotopic (exact) mass is 372 g/mol. The van der Waals surface area contributed by atoms with Gasteiger partial charge in [0.05, 0.1) is 26.1 Å². The molecular formula is C14H10Cl2N2O4S. The molecule has 0 amide bonds. The molecule has 0 spiro atoms. The molecule has 3 rings (SSSR count). The second kappa shape index (κ2) is 5.59. The van der Waals surface area contributed by atoms with E-state index < -0.39 is 15.8 Å².